The number of hydrogen-bond donors (Lipinski definition) is 0. The van der Waals surface area contributed by atoms with Crippen molar-refractivity contribution >= 4 is 22.7 Å². The van der Waals surface area contributed by atoms with E-state index in [9.17, 15) is 10.1 Å². The van der Waals surface area contributed by atoms with E-state index in [1.807, 2.05) is 11.6 Å². The van der Waals surface area contributed by atoms with Crippen LogP contribution in [0.3, 0.4) is 0 Å². The molecule has 7 heteroatoms. The van der Waals surface area contributed by atoms with Gasteiger partial charge in [-0.15, -0.1) is 11.3 Å². The number of non-ortho nitro benzene ring substituents is 1. The maximum Gasteiger partial charge on any atom is 0.269 e. The van der Waals surface area contributed by atoms with Crippen LogP contribution < -0.4 is 4.80 Å². The van der Waals surface area contributed by atoms with Gasteiger partial charge in [-0.1, -0.05) is 55.7 Å². The quantitative estimate of drug-likeness (QED) is 0.143. The SMILES string of the molecule is CC(=Nn1c(-c2ccc([N+](=O)[O-])cc2)csc1=NC1CCCCC1)c1ccc2c(c1)Cc1ccccc1-2. The zero-order valence-corrected chi connectivity index (χ0v) is 21.6. The molecule has 1 fully saturated rings. The van der Waals surface area contributed by atoms with Gasteiger partial charge in [0.15, 0.2) is 0 Å². The average Bonchev–Trinajstić information content (AvgIpc) is 3.49. The maximum absolute atomic E-state index is 11.2. The fraction of sp³-hybridized carbons (Fsp3) is 0.267. The number of rotatable bonds is 5. The average molecular weight is 509 g/mol. The second kappa shape index (κ2) is 9.90. The Balaban J connectivity index is 1.41. The van der Waals surface area contributed by atoms with Crippen molar-refractivity contribution in [2.45, 2.75) is 51.5 Å². The Morgan fingerprint density at radius 3 is 2.51 bits per heavy atom. The molecule has 6 nitrogen and oxygen atoms in total. The van der Waals surface area contributed by atoms with Gasteiger partial charge in [-0.3, -0.25) is 15.1 Å². The molecule has 0 N–H and O–H groups in total. The highest BCUT2D eigenvalue weighted by Gasteiger charge is 2.19. The van der Waals surface area contributed by atoms with Crippen LogP contribution in [0.1, 0.15) is 55.7 Å². The smallest absolute Gasteiger partial charge is 0.258 e. The van der Waals surface area contributed by atoms with Gasteiger partial charge in [0.1, 0.15) is 0 Å². The highest BCUT2D eigenvalue weighted by molar-refractivity contribution is 7.07. The molecule has 186 valence electrons. The van der Waals surface area contributed by atoms with Crippen LogP contribution in [0.2, 0.25) is 0 Å². The lowest BCUT2D eigenvalue weighted by molar-refractivity contribution is -0.384. The molecule has 2 aliphatic rings. The lowest BCUT2D eigenvalue weighted by atomic mass is 9.96. The second-order valence-corrected chi connectivity index (χ2v) is 10.7. The van der Waals surface area contributed by atoms with Gasteiger partial charge in [-0.05, 0) is 72.2 Å². The standard InChI is InChI=1S/C30H28N4O2S/c1-20(22-13-16-28-24(17-22)18-23-7-5-6-10-27(23)28)32-33-29(21-11-14-26(15-12-21)34(35)36)19-37-30(33)31-25-8-3-2-4-9-25/h5-7,10-17,19,25H,2-4,8-9,18H2,1H3. The Morgan fingerprint density at radius 1 is 0.973 bits per heavy atom. The van der Waals surface area contributed by atoms with Crippen LogP contribution in [0.5, 0.6) is 0 Å². The number of nitro benzene ring substituents is 1. The Kier molecular flexibility index (Phi) is 6.30. The summed E-state index contributed by atoms with van der Waals surface area (Å²) in [5, 5.41) is 18.3. The van der Waals surface area contributed by atoms with Crippen molar-refractivity contribution in [1.29, 1.82) is 0 Å². The van der Waals surface area contributed by atoms with Crippen molar-refractivity contribution in [2.24, 2.45) is 10.1 Å². The molecule has 0 bridgehead atoms. The van der Waals surface area contributed by atoms with Crippen LogP contribution >= 0.6 is 11.3 Å². The van der Waals surface area contributed by atoms with Gasteiger partial charge in [0.05, 0.1) is 22.4 Å². The molecule has 0 amide bonds. The summed E-state index contributed by atoms with van der Waals surface area (Å²) < 4.78 is 1.93. The Bertz CT molecular complexity index is 1570. The van der Waals surface area contributed by atoms with Crippen molar-refractivity contribution in [3.8, 4) is 22.4 Å². The minimum absolute atomic E-state index is 0.0801. The van der Waals surface area contributed by atoms with Gasteiger partial charge in [-0.2, -0.15) is 5.10 Å². The Labute approximate surface area is 219 Å². The van der Waals surface area contributed by atoms with Crippen molar-refractivity contribution in [1.82, 2.24) is 4.68 Å². The molecule has 1 aromatic heterocycles. The number of thiazole rings is 1. The number of hydrogen-bond acceptors (Lipinski definition) is 5. The van der Waals surface area contributed by atoms with Crippen molar-refractivity contribution in [2.75, 3.05) is 0 Å². The third-order valence-electron chi connectivity index (χ3n) is 7.39. The first-order valence-corrected chi connectivity index (χ1v) is 13.7. The van der Waals surface area contributed by atoms with E-state index in [2.05, 4.69) is 47.8 Å². The third-order valence-corrected chi connectivity index (χ3v) is 8.22. The molecular weight excluding hydrogens is 480 g/mol. The highest BCUT2D eigenvalue weighted by Crippen LogP contribution is 2.37. The van der Waals surface area contributed by atoms with E-state index in [0.717, 1.165) is 46.6 Å². The maximum atomic E-state index is 11.2. The van der Waals surface area contributed by atoms with Gasteiger partial charge in [0.25, 0.3) is 5.69 Å². The van der Waals surface area contributed by atoms with Gasteiger partial charge in [0, 0.05) is 23.1 Å². The summed E-state index contributed by atoms with van der Waals surface area (Å²) in [6.45, 7) is 2.04. The van der Waals surface area contributed by atoms with Crippen LogP contribution in [0.15, 0.2) is 82.2 Å². The molecule has 0 saturated heterocycles. The predicted octanol–water partition coefficient (Wildman–Crippen LogP) is 7.20. The molecule has 1 heterocycles. The summed E-state index contributed by atoms with van der Waals surface area (Å²) in [7, 11) is 0. The molecule has 1 saturated carbocycles. The summed E-state index contributed by atoms with van der Waals surface area (Å²) in [4.78, 5) is 16.8. The predicted molar refractivity (Wildman–Crippen MR) is 149 cm³/mol. The molecule has 37 heavy (non-hydrogen) atoms. The second-order valence-electron chi connectivity index (χ2n) is 9.83. The molecule has 2 aliphatic carbocycles. The summed E-state index contributed by atoms with van der Waals surface area (Å²) >= 11 is 1.58. The van der Waals surface area contributed by atoms with Crippen LogP contribution in [0, 0.1) is 10.1 Å². The Hall–Kier alpha value is -3.84. The van der Waals surface area contributed by atoms with Crippen molar-refractivity contribution < 1.29 is 4.92 Å². The first kappa shape index (κ1) is 23.6. The number of benzene rings is 3. The number of nitro groups is 1. The first-order valence-electron chi connectivity index (χ1n) is 12.8. The van der Waals surface area contributed by atoms with E-state index in [1.54, 1.807) is 35.6 Å². The monoisotopic (exact) mass is 508 g/mol. The number of aromatic nitrogens is 1. The molecule has 0 unspecified atom stereocenters. The summed E-state index contributed by atoms with van der Waals surface area (Å²) in [6.07, 6.45) is 6.87. The zero-order chi connectivity index (χ0) is 25.4. The summed E-state index contributed by atoms with van der Waals surface area (Å²) in [5.74, 6) is 0. The summed E-state index contributed by atoms with van der Waals surface area (Å²) in [5.41, 5.74) is 9.16. The lowest BCUT2D eigenvalue weighted by Crippen LogP contribution is -2.19. The van der Waals surface area contributed by atoms with Gasteiger partial charge in [0.2, 0.25) is 4.80 Å². The van der Waals surface area contributed by atoms with Crippen LogP contribution in [-0.2, 0) is 6.42 Å². The normalized spacial score (nSPS) is 16.0. The topological polar surface area (TPSA) is 72.8 Å². The van der Waals surface area contributed by atoms with E-state index in [4.69, 9.17) is 10.1 Å². The molecule has 0 radical (unpaired) electrons. The van der Waals surface area contributed by atoms with Crippen molar-refractivity contribution in [3.63, 3.8) is 0 Å². The first-order chi connectivity index (χ1) is 18.1. The third kappa shape index (κ3) is 4.67. The minimum Gasteiger partial charge on any atom is -0.258 e. The van der Waals surface area contributed by atoms with Gasteiger partial charge in [-0.25, -0.2) is 4.68 Å². The van der Waals surface area contributed by atoms with Crippen molar-refractivity contribution in [3.05, 3.63) is 104 Å². The highest BCUT2D eigenvalue weighted by atomic mass is 32.1. The molecule has 4 aromatic rings. The van der Waals surface area contributed by atoms with Crippen LogP contribution in [0.4, 0.5) is 5.69 Å². The van der Waals surface area contributed by atoms with E-state index in [-0.39, 0.29) is 10.6 Å². The number of nitrogens with zero attached hydrogens (tertiary/aromatic N) is 4. The molecule has 3 aromatic carbocycles. The zero-order valence-electron chi connectivity index (χ0n) is 20.8. The van der Waals surface area contributed by atoms with E-state index >= 15 is 0 Å². The largest absolute Gasteiger partial charge is 0.269 e. The fourth-order valence-corrected chi connectivity index (χ4v) is 6.28. The molecular formula is C30H28N4O2S. The Morgan fingerprint density at radius 2 is 1.73 bits per heavy atom. The van der Waals surface area contributed by atoms with E-state index in [1.165, 1.54) is 41.5 Å². The minimum atomic E-state index is -0.371. The van der Waals surface area contributed by atoms with Gasteiger partial charge >= 0.3 is 0 Å². The van der Waals surface area contributed by atoms with Gasteiger partial charge < -0.3 is 0 Å². The van der Waals surface area contributed by atoms with E-state index < -0.39 is 0 Å². The van der Waals surface area contributed by atoms with E-state index in [0.29, 0.717) is 6.04 Å². The lowest BCUT2D eigenvalue weighted by Gasteiger charge is -2.17. The van der Waals surface area contributed by atoms with Crippen LogP contribution in [0.25, 0.3) is 22.4 Å². The molecule has 6 rings (SSSR count). The molecule has 0 spiro atoms. The molecule has 0 atom stereocenters. The fourth-order valence-electron chi connectivity index (χ4n) is 5.38. The van der Waals surface area contributed by atoms with Crippen LogP contribution in [-0.4, -0.2) is 21.4 Å². The number of fused-ring (bicyclic) bond motifs is 3. The summed E-state index contributed by atoms with van der Waals surface area (Å²) in [6, 6.07) is 22.2. The molecule has 0 aliphatic heterocycles.